The van der Waals surface area contributed by atoms with Crippen LogP contribution in [0.25, 0.3) is 5.57 Å². The first-order chi connectivity index (χ1) is 14.1. The van der Waals surface area contributed by atoms with Gasteiger partial charge in [-0.2, -0.15) is 0 Å². The van der Waals surface area contributed by atoms with Gasteiger partial charge in [-0.25, -0.2) is 0 Å². The number of hydrogen-bond donors (Lipinski definition) is 1. The molecule has 0 fully saturated rings. The lowest BCUT2D eigenvalue weighted by atomic mass is 9.93. The van der Waals surface area contributed by atoms with Gasteiger partial charge in [0, 0.05) is 16.2 Å². The molecule has 1 N–H and O–H groups in total. The van der Waals surface area contributed by atoms with Crippen LogP contribution in [0.15, 0.2) is 84.6 Å². The number of hydrogen-bond acceptors (Lipinski definition) is 3. The molecule has 4 rings (SSSR count). The van der Waals surface area contributed by atoms with Gasteiger partial charge in [-0.05, 0) is 29.3 Å². The molecule has 0 radical (unpaired) electrons. The molecule has 3 aromatic carbocycles. The number of para-hydroxylation sites is 1. The van der Waals surface area contributed by atoms with E-state index in [1.54, 1.807) is 24.1 Å². The van der Waals surface area contributed by atoms with E-state index in [4.69, 9.17) is 16.3 Å². The largest absolute Gasteiger partial charge is 0.503 e. The van der Waals surface area contributed by atoms with Crippen LogP contribution in [0, 0.1) is 0 Å². The Morgan fingerprint density at radius 3 is 2.31 bits per heavy atom. The van der Waals surface area contributed by atoms with Crippen molar-refractivity contribution in [2.75, 3.05) is 7.11 Å². The molecule has 29 heavy (non-hydrogen) atoms. The third-order valence-electron chi connectivity index (χ3n) is 5.11. The van der Waals surface area contributed by atoms with Gasteiger partial charge < -0.3 is 14.7 Å². The minimum atomic E-state index is -0.438. The van der Waals surface area contributed by atoms with Crippen molar-refractivity contribution in [3.8, 4) is 5.75 Å². The number of nitrogens with zero attached hydrogens (tertiary/aromatic N) is 1. The molecule has 0 bridgehead atoms. The average molecular weight is 406 g/mol. The fraction of sp³-hybridized carbons (Fsp3) is 0.125. The normalized spacial score (nSPS) is 16.4. The van der Waals surface area contributed by atoms with Crippen LogP contribution in [0.1, 0.15) is 22.7 Å². The second-order valence-electron chi connectivity index (χ2n) is 6.83. The summed E-state index contributed by atoms with van der Waals surface area (Å²) in [6.45, 7) is 0.302. The number of aliphatic hydroxyl groups excluding tert-OH is 1. The van der Waals surface area contributed by atoms with Crippen LogP contribution in [0.3, 0.4) is 0 Å². The summed E-state index contributed by atoms with van der Waals surface area (Å²) in [5.74, 6) is 0.0589. The fourth-order valence-corrected chi connectivity index (χ4v) is 3.86. The molecular formula is C24H20ClNO3. The molecule has 1 unspecified atom stereocenters. The number of halogens is 1. The van der Waals surface area contributed by atoms with Crippen LogP contribution in [0.4, 0.5) is 0 Å². The maximum Gasteiger partial charge on any atom is 0.290 e. The van der Waals surface area contributed by atoms with Crippen molar-refractivity contribution in [2.45, 2.75) is 12.6 Å². The molecule has 0 spiro atoms. The fourth-order valence-electron chi connectivity index (χ4n) is 3.74. The molecule has 1 aliphatic rings. The maximum absolute atomic E-state index is 13.1. The Balaban J connectivity index is 1.82. The Morgan fingerprint density at radius 1 is 0.966 bits per heavy atom. The maximum atomic E-state index is 13.1. The summed E-state index contributed by atoms with van der Waals surface area (Å²) >= 11 is 6.08. The van der Waals surface area contributed by atoms with Crippen molar-refractivity contribution in [3.05, 3.63) is 106 Å². The standard InChI is InChI=1S/C24H20ClNO3/c1-29-20-10-6-5-9-18(20)15-26-22(17-11-13-19(25)14-12-17)21(23(27)24(26)28)16-7-3-2-4-8-16/h2-14,22,27H,15H2,1H3. The van der Waals surface area contributed by atoms with Gasteiger partial charge in [-0.3, -0.25) is 4.79 Å². The highest BCUT2D eigenvalue weighted by Crippen LogP contribution is 2.44. The zero-order valence-electron chi connectivity index (χ0n) is 15.9. The first-order valence-electron chi connectivity index (χ1n) is 9.27. The SMILES string of the molecule is COc1ccccc1CN1C(=O)C(O)=C(c2ccccc2)C1c1ccc(Cl)cc1. The third kappa shape index (κ3) is 3.59. The summed E-state index contributed by atoms with van der Waals surface area (Å²) in [6, 6.07) is 24.0. The Labute approximate surface area is 174 Å². The topological polar surface area (TPSA) is 49.8 Å². The molecule has 1 atom stereocenters. The lowest BCUT2D eigenvalue weighted by Gasteiger charge is -2.28. The van der Waals surface area contributed by atoms with Gasteiger partial charge in [0.15, 0.2) is 5.76 Å². The Bertz CT molecular complexity index is 1060. The first kappa shape index (κ1) is 19.1. The molecule has 146 valence electrons. The van der Waals surface area contributed by atoms with E-state index in [0.717, 1.165) is 16.7 Å². The number of amides is 1. The van der Waals surface area contributed by atoms with Crippen LogP contribution in [-0.4, -0.2) is 23.0 Å². The highest BCUT2D eigenvalue weighted by Gasteiger charge is 2.41. The molecule has 0 saturated heterocycles. The van der Waals surface area contributed by atoms with E-state index in [1.807, 2.05) is 66.7 Å². The molecule has 4 nitrogen and oxygen atoms in total. The predicted molar refractivity (Wildman–Crippen MR) is 114 cm³/mol. The van der Waals surface area contributed by atoms with Gasteiger partial charge in [0.25, 0.3) is 5.91 Å². The second-order valence-corrected chi connectivity index (χ2v) is 7.26. The van der Waals surface area contributed by atoms with Gasteiger partial charge in [0.05, 0.1) is 19.7 Å². The molecule has 0 saturated carbocycles. The summed E-state index contributed by atoms with van der Waals surface area (Å²) in [4.78, 5) is 14.8. The molecule has 1 amide bonds. The number of carbonyl (C=O) groups excluding carboxylic acids is 1. The summed E-state index contributed by atoms with van der Waals surface area (Å²) in [7, 11) is 1.60. The van der Waals surface area contributed by atoms with Crippen LogP contribution in [-0.2, 0) is 11.3 Å². The van der Waals surface area contributed by atoms with Crippen molar-refractivity contribution < 1.29 is 14.6 Å². The Kier molecular flexibility index (Phi) is 5.28. The van der Waals surface area contributed by atoms with Crippen molar-refractivity contribution in [1.82, 2.24) is 4.90 Å². The molecule has 0 aliphatic carbocycles. The third-order valence-corrected chi connectivity index (χ3v) is 5.36. The number of methoxy groups -OCH3 is 1. The molecule has 5 heteroatoms. The molecule has 3 aromatic rings. The zero-order chi connectivity index (χ0) is 20.4. The number of aliphatic hydroxyl groups is 1. The highest BCUT2D eigenvalue weighted by atomic mass is 35.5. The van der Waals surface area contributed by atoms with Gasteiger partial charge in [-0.15, -0.1) is 0 Å². The van der Waals surface area contributed by atoms with Gasteiger partial charge >= 0.3 is 0 Å². The molecule has 1 heterocycles. The number of carbonyl (C=O) groups is 1. The van der Waals surface area contributed by atoms with E-state index in [1.165, 1.54) is 0 Å². The van der Waals surface area contributed by atoms with Crippen molar-refractivity contribution in [3.63, 3.8) is 0 Å². The predicted octanol–water partition coefficient (Wildman–Crippen LogP) is 5.40. The number of rotatable bonds is 5. The second kappa shape index (κ2) is 8.02. The smallest absolute Gasteiger partial charge is 0.290 e. The number of ether oxygens (including phenoxy) is 1. The van der Waals surface area contributed by atoms with Crippen LogP contribution in [0.5, 0.6) is 5.75 Å². The Morgan fingerprint density at radius 2 is 1.62 bits per heavy atom. The van der Waals surface area contributed by atoms with E-state index < -0.39 is 11.9 Å². The van der Waals surface area contributed by atoms with Crippen molar-refractivity contribution in [1.29, 1.82) is 0 Å². The summed E-state index contributed by atoms with van der Waals surface area (Å²) in [5.41, 5.74) is 3.14. The zero-order valence-corrected chi connectivity index (χ0v) is 16.6. The van der Waals surface area contributed by atoms with Crippen LogP contribution < -0.4 is 4.74 Å². The quantitative estimate of drug-likeness (QED) is 0.618. The van der Waals surface area contributed by atoms with Gasteiger partial charge in [0.1, 0.15) is 5.75 Å². The van der Waals surface area contributed by atoms with Crippen molar-refractivity contribution >= 4 is 23.1 Å². The molecule has 0 aromatic heterocycles. The van der Waals surface area contributed by atoms with E-state index in [9.17, 15) is 9.90 Å². The van der Waals surface area contributed by atoms with E-state index in [0.29, 0.717) is 22.9 Å². The van der Waals surface area contributed by atoms with Gasteiger partial charge in [0.2, 0.25) is 0 Å². The van der Waals surface area contributed by atoms with Crippen molar-refractivity contribution in [2.24, 2.45) is 0 Å². The molecular weight excluding hydrogens is 386 g/mol. The van der Waals surface area contributed by atoms with Crippen LogP contribution >= 0.6 is 11.6 Å². The monoisotopic (exact) mass is 405 g/mol. The van der Waals surface area contributed by atoms with E-state index in [2.05, 4.69) is 0 Å². The summed E-state index contributed by atoms with van der Waals surface area (Å²) < 4.78 is 5.45. The lowest BCUT2D eigenvalue weighted by molar-refractivity contribution is -0.130. The minimum Gasteiger partial charge on any atom is -0.503 e. The summed E-state index contributed by atoms with van der Waals surface area (Å²) in [6.07, 6.45) is 0. The minimum absolute atomic E-state index is 0.231. The highest BCUT2D eigenvalue weighted by molar-refractivity contribution is 6.30. The average Bonchev–Trinajstić information content (AvgIpc) is 3.00. The lowest BCUT2D eigenvalue weighted by Crippen LogP contribution is -2.30. The van der Waals surface area contributed by atoms with Crippen LogP contribution in [0.2, 0.25) is 5.02 Å². The Hall–Kier alpha value is -3.24. The van der Waals surface area contributed by atoms with E-state index >= 15 is 0 Å². The first-order valence-corrected chi connectivity index (χ1v) is 9.65. The van der Waals surface area contributed by atoms with E-state index in [-0.39, 0.29) is 5.76 Å². The van der Waals surface area contributed by atoms with Gasteiger partial charge in [-0.1, -0.05) is 72.3 Å². The molecule has 1 aliphatic heterocycles. The summed E-state index contributed by atoms with van der Waals surface area (Å²) in [5, 5.41) is 11.4. The number of benzene rings is 3.